The number of rotatable bonds is 7. The molecule has 0 aromatic heterocycles. The molecule has 1 amide bonds. The number of hydrogen-bond acceptors (Lipinski definition) is 3. The van der Waals surface area contributed by atoms with Crippen LogP contribution >= 0.6 is 39.9 Å². The topological polar surface area (TPSA) is 66.0 Å². The Morgan fingerprint density at radius 2 is 2.23 bits per heavy atom. The van der Waals surface area contributed by atoms with Crippen LogP contribution in [0.25, 0.3) is 0 Å². The fourth-order valence-corrected chi connectivity index (χ4v) is 3.10. The van der Waals surface area contributed by atoms with Gasteiger partial charge in [0.1, 0.15) is 12.4 Å². The highest BCUT2D eigenvalue weighted by Gasteiger charge is 2.25. The lowest BCUT2D eigenvalue weighted by atomic mass is 10.3. The smallest absolute Gasteiger partial charge is 0.222 e. The van der Waals surface area contributed by atoms with Gasteiger partial charge in [0.05, 0.1) is 6.54 Å². The number of hydrogen-bond donors (Lipinski definition) is 2. The number of carbonyl (C=O) groups excluding carboxylic acids is 1. The van der Waals surface area contributed by atoms with Crippen LogP contribution in [-0.4, -0.2) is 55.6 Å². The summed E-state index contributed by atoms with van der Waals surface area (Å²) in [6.07, 6.45) is 1.51. The van der Waals surface area contributed by atoms with Crippen LogP contribution in [0.1, 0.15) is 26.7 Å². The summed E-state index contributed by atoms with van der Waals surface area (Å²) in [7, 11) is 0. The van der Waals surface area contributed by atoms with E-state index < -0.39 is 0 Å². The van der Waals surface area contributed by atoms with Gasteiger partial charge in [0.15, 0.2) is 5.96 Å². The summed E-state index contributed by atoms with van der Waals surface area (Å²) in [4.78, 5) is 18.2. The van der Waals surface area contributed by atoms with E-state index in [0.717, 1.165) is 42.2 Å². The van der Waals surface area contributed by atoms with E-state index in [2.05, 4.69) is 31.6 Å². The van der Waals surface area contributed by atoms with Gasteiger partial charge in [-0.1, -0.05) is 28.9 Å². The Hall–Kier alpha value is -1.03. The molecule has 0 aliphatic carbocycles. The van der Waals surface area contributed by atoms with Gasteiger partial charge in [-0.3, -0.25) is 4.79 Å². The largest absolute Gasteiger partial charge is 0.492 e. The van der Waals surface area contributed by atoms with Crippen molar-refractivity contribution >= 4 is 51.8 Å². The van der Waals surface area contributed by atoms with Gasteiger partial charge < -0.3 is 20.3 Å². The fourth-order valence-electron chi connectivity index (χ4n) is 2.72. The molecule has 0 radical (unpaired) electrons. The van der Waals surface area contributed by atoms with Crippen LogP contribution in [0.2, 0.25) is 0 Å². The average molecular weight is 539 g/mol. The quantitative estimate of drug-likeness (QED) is 0.242. The molecule has 6 nitrogen and oxygen atoms in total. The molecule has 0 saturated carbocycles. The minimum Gasteiger partial charge on any atom is -0.492 e. The van der Waals surface area contributed by atoms with Gasteiger partial charge in [-0.25, -0.2) is 4.99 Å². The first kappa shape index (κ1) is 23.0. The van der Waals surface area contributed by atoms with Crippen molar-refractivity contribution in [2.75, 3.05) is 32.8 Å². The molecule has 2 rings (SSSR count). The monoisotopic (exact) mass is 538 g/mol. The molecule has 1 atom stereocenters. The molecule has 8 heteroatoms. The average Bonchev–Trinajstić information content (AvgIpc) is 3.07. The number of halogens is 2. The molecular weight excluding hydrogens is 511 g/mol. The standard InChI is InChI=1S/C18H27BrN4O2.HI/c1-3-17(24)23-10-8-15(13-23)22-18(20-4-2)21-9-11-25-16-7-5-6-14(19)12-16;/h5-7,12,15H,3-4,8-11,13H2,1-2H3,(H2,20,21,22);1H. The predicted octanol–water partition coefficient (Wildman–Crippen LogP) is 3.01. The zero-order valence-corrected chi connectivity index (χ0v) is 19.2. The van der Waals surface area contributed by atoms with E-state index in [1.54, 1.807) is 0 Å². The van der Waals surface area contributed by atoms with Crippen molar-refractivity contribution < 1.29 is 9.53 Å². The van der Waals surface area contributed by atoms with Gasteiger partial charge in [-0.2, -0.15) is 0 Å². The van der Waals surface area contributed by atoms with Gasteiger partial charge in [0, 0.05) is 36.6 Å². The fraction of sp³-hybridized carbons (Fsp3) is 0.556. The Morgan fingerprint density at radius 3 is 2.92 bits per heavy atom. The summed E-state index contributed by atoms with van der Waals surface area (Å²) >= 11 is 3.43. The van der Waals surface area contributed by atoms with Crippen molar-refractivity contribution in [3.63, 3.8) is 0 Å². The summed E-state index contributed by atoms with van der Waals surface area (Å²) < 4.78 is 6.70. The van der Waals surface area contributed by atoms with E-state index in [9.17, 15) is 4.79 Å². The van der Waals surface area contributed by atoms with Crippen LogP contribution < -0.4 is 15.4 Å². The van der Waals surface area contributed by atoms with Crippen LogP contribution in [0, 0.1) is 0 Å². The van der Waals surface area contributed by atoms with E-state index in [-0.39, 0.29) is 35.9 Å². The summed E-state index contributed by atoms with van der Waals surface area (Å²) in [6.45, 7) is 7.37. The highest BCUT2D eigenvalue weighted by atomic mass is 127. The first-order valence-corrected chi connectivity index (χ1v) is 9.62. The molecule has 26 heavy (non-hydrogen) atoms. The SMILES string of the molecule is CCNC(=NCCOc1cccc(Br)c1)NC1CCN(C(=O)CC)C1.I. The van der Waals surface area contributed by atoms with Crippen molar-refractivity contribution in [3.05, 3.63) is 28.7 Å². The normalized spacial score (nSPS) is 16.8. The van der Waals surface area contributed by atoms with E-state index in [1.807, 2.05) is 43.0 Å². The van der Waals surface area contributed by atoms with E-state index >= 15 is 0 Å². The number of amides is 1. The first-order valence-electron chi connectivity index (χ1n) is 8.83. The molecule has 1 aromatic rings. The Balaban J connectivity index is 0.00000338. The van der Waals surface area contributed by atoms with Crippen LogP contribution in [0.15, 0.2) is 33.7 Å². The Labute approximate surface area is 181 Å². The Morgan fingerprint density at radius 1 is 1.42 bits per heavy atom. The van der Waals surface area contributed by atoms with Crippen LogP contribution in [0.4, 0.5) is 0 Å². The highest BCUT2D eigenvalue weighted by molar-refractivity contribution is 14.0. The maximum absolute atomic E-state index is 11.8. The summed E-state index contributed by atoms with van der Waals surface area (Å²) in [5, 5.41) is 6.66. The number of nitrogens with zero attached hydrogens (tertiary/aromatic N) is 2. The lowest BCUT2D eigenvalue weighted by molar-refractivity contribution is -0.129. The third kappa shape index (κ3) is 7.69. The third-order valence-electron chi connectivity index (χ3n) is 3.95. The van der Waals surface area contributed by atoms with Gasteiger partial charge in [-0.15, -0.1) is 24.0 Å². The van der Waals surface area contributed by atoms with Gasteiger partial charge in [0.2, 0.25) is 5.91 Å². The second-order valence-corrected chi connectivity index (χ2v) is 6.81. The molecule has 146 valence electrons. The maximum atomic E-state index is 11.8. The number of likely N-dealkylation sites (tertiary alicyclic amines) is 1. The maximum Gasteiger partial charge on any atom is 0.222 e. The number of carbonyl (C=O) groups is 1. The number of guanidine groups is 1. The number of ether oxygens (including phenoxy) is 1. The van der Waals surface area contributed by atoms with E-state index in [1.165, 1.54) is 0 Å². The third-order valence-corrected chi connectivity index (χ3v) is 4.45. The Kier molecular flexibility index (Phi) is 11.0. The van der Waals surface area contributed by atoms with Crippen molar-refractivity contribution in [1.82, 2.24) is 15.5 Å². The second kappa shape index (κ2) is 12.4. The van der Waals surface area contributed by atoms with Crippen molar-refractivity contribution in [1.29, 1.82) is 0 Å². The Bertz CT molecular complexity index is 600. The van der Waals surface area contributed by atoms with Gasteiger partial charge in [-0.05, 0) is 31.5 Å². The van der Waals surface area contributed by atoms with Crippen molar-refractivity contribution in [2.24, 2.45) is 4.99 Å². The van der Waals surface area contributed by atoms with Crippen LogP contribution in [0.5, 0.6) is 5.75 Å². The molecule has 1 fully saturated rings. The molecule has 1 saturated heterocycles. The second-order valence-electron chi connectivity index (χ2n) is 5.89. The zero-order valence-electron chi connectivity index (χ0n) is 15.3. The summed E-state index contributed by atoms with van der Waals surface area (Å²) in [5.41, 5.74) is 0. The van der Waals surface area contributed by atoms with Crippen molar-refractivity contribution in [2.45, 2.75) is 32.7 Å². The van der Waals surface area contributed by atoms with Gasteiger partial charge in [0.25, 0.3) is 0 Å². The molecule has 1 aromatic carbocycles. The number of nitrogens with one attached hydrogen (secondary N) is 2. The molecule has 2 N–H and O–H groups in total. The minimum atomic E-state index is 0. The zero-order chi connectivity index (χ0) is 18.1. The number of aliphatic imine (C=N–C) groups is 1. The predicted molar refractivity (Wildman–Crippen MR) is 119 cm³/mol. The van der Waals surface area contributed by atoms with Crippen LogP contribution in [-0.2, 0) is 4.79 Å². The molecule has 0 bridgehead atoms. The van der Waals surface area contributed by atoms with E-state index in [4.69, 9.17) is 4.74 Å². The lowest BCUT2D eigenvalue weighted by Gasteiger charge is -2.18. The molecule has 0 spiro atoms. The lowest BCUT2D eigenvalue weighted by Crippen LogP contribution is -2.45. The summed E-state index contributed by atoms with van der Waals surface area (Å²) in [5.74, 6) is 1.82. The molecular formula is C18H28BrIN4O2. The van der Waals surface area contributed by atoms with E-state index in [0.29, 0.717) is 19.6 Å². The first-order chi connectivity index (χ1) is 12.1. The molecule has 1 aliphatic heterocycles. The molecule has 1 heterocycles. The van der Waals surface area contributed by atoms with Crippen molar-refractivity contribution in [3.8, 4) is 5.75 Å². The summed E-state index contributed by atoms with van der Waals surface area (Å²) in [6, 6.07) is 8.02. The molecule has 1 aliphatic rings. The highest BCUT2D eigenvalue weighted by Crippen LogP contribution is 2.17. The van der Waals surface area contributed by atoms with Gasteiger partial charge >= 0.3 is 0 Å². The van der Waals surface area contributed by atoms with Crippen LogP contribution in [0.3, 0.4) is 0 Å². The minimum absolute atomic E-state index is 0. The number of benzene rings is 1. The molecule has 1 unspecified atom stereocenters.